The number of carbonyl (C=O) groups is 1. The standard InChI is InChI=1S/C18H18Cl2N2O.C16H16Cl2N2.C2H6O.CH3O.Na/c1-11(23)21-14-5-3-12(4-6-14)16-9-22(2)10-17-15(16)7-13(19)8-18(17)20;1-20-8-14(10-2-4-12(19)5-3-10)13-6-11(17)7-16(18)15(13)9-20;1-2-3;1-2;/h3-8,16H,9-10H2,1-2H3,(H,21,23);2-7,14H,8-9,19H2,1H3;3H,2H2,1H3;1H3;/q;;;-1;+1. The van der Waals surface area contributed by atoms with Crippen molar-refractivity contribution in [2.75, 3.05) is 52.0 Å². The quantitative estimate of drug-likeness (QED) is 0.208. The number of nitrogens with zero attached hydrogens (tertiary/aromatic N) is 2. The molecule has 0 spiro atoms. The predicted octanol–water partition coefficient (Wildman–Crippen LogP) is 4.66. The second-order valence-electron chi connectivity index (χ2n) is 11.7. The van der Waals surface area contributed by atoms with Gasteiger partial charge >= 0.3 is 29.6 Å². The molecule has 0 bridgehead atoms. The van der Waals surface area contributed by atoms with E-state index in [-0.39, 0.29) is 53.9 Å². The number of aliphatic hydroxyl groups excluding tert-OH is 1. The summed E-state index contributed by atoms with van der Waals surface area (Å²) >= 11 is 25.1. The molecule has 4 aromatic carbocycles. The molecule has 0 saturated heterocycles. The van der Waals surface area contributed by atoms with Crippen LogP contribution in [-0.4, -0.2) is 61.7 Å². The average molecular weight is 757 g/mol. The van der Waals surface area contributed by atoms with Gasteiger partial charge in [0.15, 0.2) is 0 Å². The van der Waals surface area contributed by atoms with E-state index < -0.39 is 0 Å². The molecule has 4 N–H and O–H groups in total. The van der Waals surface area contributed by atoms with Gasteiger partial charge in [0.2, 0.25) is 5.91 Å². The van der Waals surface area contributed by atoms with Crippen LogP contribution < -0.4 is 45.7 Å². The summed E-state index contributed by atoms with van der Waals surface area (Å²) in [5.74, 6) is 0.422. The maximum atomic E-state index is 11.1. The summed E-state index contributed by atoms with van der Waals surface area (Å²) in [7, 11) is 4.95. The Balaban J connectivity index is 0.000000297. The van der Waals surface area contributed by atoms with Gasteiger partial charge in [0.1, 0.15) is 0 Å². The summed E-state index contributed by atoms with van der Waals surface area (Å²) in [4.78, 5) is 15.7. The second-order valence-corrected chi connectivity index (χ2v) is 13.4. The van der Waals surface area contributed by atoms with Crippen LogP contribution in [0.5, 0.6) is 0 Å². The molecule has 0 aromatic heterocycles. The van der Waals surface area contributed by atoms with E-state index in [1.54, 1.807) is 13.0 Å². The summed E-state index contributed by atoms with van der Waals surface area (Å²) in [6, 6.07) is 23.7. The molecule has 12 heteroatoms. The number of nitrogen functional groups attached to an aromatic ring is 1. The number of nitrogens with one attached hydrogen (secondary N) is 1. The van der Waals surface area contributed by atoms with Crippen molar-refractivity contribution in [2.45, 2.75) is 38.8 Å². The first-order chi connectivity index (χ1) is 22.9. The smallest absolute Gasteiger partial charge is 0.857 e. The first-order valence-corrected chi connectivity index (χ1v) is 17.0. The van der Waals surface area contributed by atoms with E-state index in [0.717, 1.165) is 60.3 Å². The van der Waals surface area contributed by atoms with Crippen molar-refractivity contribution in [2.24, 2.45) is 0 Å². The van der Waals surface area contributed by atoms with Crippen molar-refractivity contribution in [3.63, 3.8) is 0 Å². The minimum Gasteiger partial charge on any atom is -0.857 e. The zero-order chi connectivity index (χ0) is 35.5. The van der Waals surface area contributed by atoms with Gasteiger partial charge in [-0.2, -0.15) is 7.11 Å². The van der Waals surface area contributed by atoms with Crippen LogP contribution in [0.15, 0.2) is 72.8 Å². The van der Waals surface area contributed by atoms with Crippen molar-refractivity contribution in [1.82, 2.24) is 9.80 Å². The SMILES string of the molecule is CC(=O)Nc1ccc(C2CN(C)Cc3c(Cl)cc(Cl)cc32)cc1.CCO.CN1Cc2c(Cl)cc(Cl)cc2C(c2ccc(N)cc2)C1.C[O-].[Na+]. The van der Waals surface area contributed by atoms with Crippen molar-refractivity contribution in [3.05, 3.63) is 126 Å². The molecule has 2 aliphatic heterocycles. The van der Waals surface area contributed by atoms with Gasteiger partial charge in [-0.05, 0) is 103 Å². The number of carbonyl (C=O) groups excluding carboxylic acids is 1. The van der Waals surface area contributed by atoms with E-state index in [4.69, 9.17) is 62.4 Å². The minimum atomic E-state index is -0.0703. The molecule has 4 aromatic rings. The van der Waals surface area contributed by atoms with E-state index in [0.29, 0.717) is 10.0 Å². The third-order valence-electron chi connectivity index (χ3n) is 7.96. The van der Waals surface area contributed by atoms with Crippen LogP contribution in [0.4, 0.5) is 11.4 Å². The van der Waals surface area contributed by atoms with Gasteiger partial charge in [0, 0.05) is 83.0 Å². The Hall–Kier alpha value is -1.85. The predicted molar refractivity (Wildman–Crippen MR) is 200 cm³/mol. The van der Waals surface area contributed by atoms with Gasteiger partial charge in [-0.15, -0.1) is 0 Å². The normalized spacial score (nSPS) is 16.5. The number of fused-ring (bicyclic) bond motifs is 2. The number of anilines is 2. The van der Waals surface area contributed by atoms with Crippen LogP contribution in [0.2, 0.25) is 20.1 Å². The molecule has 0 fully saturated rings. The van der Waals surface area contributed by atoms with Crippen LogP contribution in [-0.2, 0) is 17.9 Å². The van der Waals surface area contributed by atoms with Crippen molar-refractivity contribution >= 4 is 63.7 Å². The number of benzene rings is 4. The molecule has 6 rings (SSSR count). The Kier molecular flexibility index (Phi) is 18.4. The van der Waals surface area contributed by atoms with Gasteiger partial charge in [-0.1, -0.05) is 70.7 Å². The Bertz CT molecular complexity index is 1660. The van der Waals surface area contributed by atoms with E-state index in [1.165, 1.54) is 34.7 Å². The molecular weight excluding hydrogens is 713 g/mol. The number of rotatable bonds is 3. The average Bonchev–Trinajstić information content (AvgIpc) is 3.03. The molecule has 2 atom stereocenters. The fourth-order valence-electron chi connectivity index (χ4n) is 5.99. The van der Waals surface area contributed by atoms with Gasteiger partial charge in [0.25, 0.3) is 0 Å². The molecule has 0 saturated carbocycles. The summed E-state index contributed by atoms with van der Waals surface area (Å²) in [5, 5.41) is 21.4. The molecule has 2 aliphatic rings. The van der Waals surface area contributed by atoms with Gasteiger partial charge in [0.05, 0.1) is 0 Å². The van der Waals surface area contributed by atoms with Crippen molar-refractivity contribution in [1.29, 1.82) is 0 Å². The number of hydrogen-bond acceptors (Lipinski definition) is 6. The first-order valence-electron chi connectivity index (χ1n) is 15.5. The van der Waals surface area contributed by atoms with Crippen LogP contribution in [0.1, 0.15) is 59.1 Å². The second kappa shape index (κ2) is 20.9. The largest absolute Gasteiger partial charge is 1.00 e. The summed E-state index contributed by atoms with van der Waals surface area (Å²) < 4.78 is 0. The first kappa shape index (κ1) is 43.3. The summed E-state index contributed by atoms with van der Waals surface area (Å²) in [6.45, 7) is 6.98. The van der Waals surface area contributed by atoms with Crippen molar-refractivity contribution < 1.29 is 44.6 Å². The monoisotopic (exact) mass is 754 g/mol. The van der Waals surface area contributed by atoms with Crippen LogP contribution in [0, 0.1) is 0 Å². The Morgan fingerprint density at radius 2 is 1.16 bits per heavy atom. The third-order valence-corrected chi connectivity index (χ3v) is 9.07. The Morgan fingerprint density at radius 3 is 1.53 bits per heavy atom. The summed E-state index contributed by atoms with van der Waals surface area (Å²) in [6.07, 6.45) is 0. The molecule has 0 aliphatic carbocycles. The summed E-state index contributed by atoms with van der Waals surface area (Å²) in [5.41, 5.74) is 14.5. The van der Waals surface area contributed by atoms with E-state index >= 15 is 0 Å². The van der Waals surface area contributed by atoms with Crippen LogP contribution in [0.3, 0.4) is 0 Å². The molecule has 1 amide bonds. The molecular formula is C37H43Cl4N4NaO3. The Labute approximate surface area is 332 Å². The van der Waals surface area contributed by atoms with E-state index in [1.807, 2.05) is 54.6 Å². The Morgan fingerprint density at radius 1 is 0.796 bits per heavy atom. The fourth-order valence-corrected chi connectivity index (χ4v) is 7.13. The topological polar surface area (TPSA) is 105 Å². The zero-order valence-electron chi connectivity index (χ0n) is 28.9. The minimum absolute atomic E-state index is 0. The maximum absolute atomic E-state index is 11.1. The van der Waals surface area contributed by atoms with Gasteiger partial charge < -0.3 is 31.1 Å². The number of likely N-dealkylation sites (N-methyl/N-ethyl adjacent to an activating group) is 2. The number of aliphatic hydroxyl groups is 1. The molecule has 0 radical (unpaired) electrons. The molecule has 2 unspecified atom stereocenters. The third kappa shape index (κ3) is 12.1. The number of amides is 1. The molecule has 7 nitrogen and oxygen atoms in total. The number of halogens is 4. The number of nitrogens with two attached hydrogens (primary N) is 1. The van der Waals surface area contributed by atoms with Gasteiger partial charge in [-0.25, -0.2) is 0 Å². The fraction of sp³-hybridized carbons (Fsp3) is 0.324. The molecule has 2 heterocycles. The zero-order valence-corrected chi connectivity index (χ0v) is 33.9. The molecule has 258 valence electrons. The molecule has 49 heavy (non-hydrogen) atoms. The van der Waals surface area contributed by atoms with Crippen LogP contribution in [0.25, 0.3) is 0 Å². The van der Waals surface area contributed by atoms with E-state index in [2.05, 4.69) is 41.3 Å². The van der Waals surface area contributed by atoms with Gasteiger partial charge in [-0.3, -0.25) is 4.79 Å². The van der Waals surface area contributed by atoms with Crippen molar-refractivity contribution in [3.8, 4) is 0 Å². The maximum Gasteiger partial charge on any atom is 1.00 e. The number of hydrogen-bond donors (Lipinski definition) is 3. The van der Waals surface area contributed by atoms with Crippen LogP contribution >= 0.6 is 46.4 Å². The van der Waals surface area contributed by atoms with E-state index in [9.17, 15) is 4.79 Å².